The summed E-state index contributed by atoms with van der Waals surface area (Å²) in [5, 5.41) is 3.19. The van der Waals surface area contributed by atoms with Gasteiger partial charge in [-0.15, -0.1) is 0 Å². The molecule has 3 atom stereocenters. The smallest absolute Gasteiger partial charge is 0.0986 e. The van der Waals surface area contributed by atoms with Crippen molar-refractivity contribution in [3.63, 3.8) is 0 Å². The first-order valence-corrected chi connectivity index (χ1v) is 4.15. The molecule has 0 aromatic carbocycles. The Bertz CT molecular complexity index is 119. The lowest BCUT2D eigenvalue weighted by molar-refractivity contribution is -0.129. The molecule has 1 saturated carbocycles. The first kappa shape index (κ1) is 8.97. The highest BCUT2D eigenvalue weighted by Gasteiger charge is 2.40. The Morgan fingerprint density at radius 2 is 2.27 bits per heavy atom. The zero-order valence-electron chi connectivity index (χ0n) is 7.46. The molecule has 3 unspecified atom stereocenters. The van der Waals surface area contributed by atoms with Gasteiger partial charge in [-0.2, -0.15) is 0 Å². The van der Waals surface area contributed by atoms with Crippen LogP contribution in [-0.4, -0.2) is 39.0 Å². The van der Waals surface area contributed by atoms with Gasteiger partial charge in [0.25, 0.3) is 0 Å². The van der Waals surface area contributed by atoms with Crippen molar-refractivity contribution in [2.45, 2.75) is 31.6 Å². The minimum Gasteiger partial charge on any atom is -0.377 e. The fourth-order valence-electron chi connectivity index (χ4n) is 1.56. The number of ether oxygens (including phenoxy) is 2. The van der Waals surface area contributed by atoms with E-state index in [9.17, 15) is 0 Å². The number of likely N-dealkylation sites (N-methyl/N-ethyl adjacent to an activating group) is 1. The Morgan fingerprint density at radius 3 is 2.73 bits per heavy atom. The SMILES string of the molecule is CCOC1CC(NC)C1OC. The Kier molecular flexibility index (Phi) is 3.30. The van der Waals surface area contributed by atoms with Gasteiger partial charge in [0.1, 0.15) is 0 Å². The quantitative estimate of drug-likeness (QED) is 0.644. The van der Waals surface area contributed by atoms with Crippen LogP contribution in [0.5, 0.6) is 0 Å². The van der Waals surface area contributed by atoms with Crippen molar-refractivity contribution in [2.75, 3.05) is 20.8 Å². The summed E-state index contributed by atoms with van der Waals surface area (Å²) in [4.78, 5) is 0. The van der Waals surface area contributed by atoms with Gasteiger partial charge in [0.2, 0.25) is 0 Å². The number of hydrogen-bond acceptors (Lipinski definition) is 3. The summed E-state index contributed by atoms with van der Waals surface area (Å²) in [6, 6.07) is 0.483. The summed E-state index contributed by atoms with van der Waals surface area (Å²) in [6.07, 6.45) is 1.63. The molecule has 0 aliphatic heterocycles. The largest absolute Gasteiger partial charge is 0.377 e. The van der Waals surface area contributed by atoms with E-state index in [4.69, 9.17) is 9.47 Å². The fraction of sp³-hybridized carbons (Fsp3) is 1.00. The maximum absolute atomic E-state index is 5.45. The van der Waals surface area contributed by atoms with E-state index in [1.165, 1.54) is 0 Å². The van der Waals surface area contributed by atoms with Crippen molar-refractivity contribution in [2.24, 2.45) is 0 Å². The van der Waals surface area contributed by atoms with Crippen LogP contribution in [0.15, 0.2) is 0 Å². The lowest BCUT2D eigenvalue weighted by Crippen LogP contribution is -2.58. The second-order valence-electron chi connectivity index (χ2n) is 2.82. The highest BCUT2D eigenvalue weighted by atomic mass is 16.5. The predicted octanol–water partition coefficient (Wildman–Crippen LogP) is 0.398. The van der Waals surface area contributed by atoms with E-state index in [0.29, 0.717) is 12.1 Å². The van der Waals surface area contributed by atoms with E-state index in [-0.39, 0.29) is 6.10 Å². The maximum Gasteiger partial charge on any atom is 0.0986 e. The normalized spacial score (nSPS) is 36.8. The molecule has 3 nitrogen and oxygen atoms in total. The summed E-state index contributed by atoms with van der Waals surface area (Å²) < 4.78 is 10.7. The van der Waals surface area contributed by atoms with Crippen molar-refractivity contribution < 1.29 is 9.47 Å². The molecule has 1 rings (SSSR count). The van der Waals surface area contributed by atoms with Crippen LogP contribution in [0.25, 0.3) is 0 Å². The Balaban J connectivity index is 2.27. The van der Waals surface area contributed by atoms with Gasteiger partial charge in [-0.3, -0.25) is 0 Å². The van der Waals surface area contributed by atoms with Crippen molar-refractivity contribution in [3.05, 3.63) is 0 Å². The molecule has 3 heteroatoms. The van der Waals surface area contributed by atoms with Crippen LogP contribution in [0.4, 0.5) is 0 Å². The molecule has 0 amide bonds. The number of methoxy groups -OCH3 is 1. The molecule has 0 aromatic rings. The van der Waals surface area contributed by atoms with E-state index < -0.39 is 0 Å². The first-order valence-electron chi connectivity index (χ1n) is 4.15. The average Bonchev–Trinajstić information content (AvgIpc) is 1.98. The van der Waals surface area contributed by atoms with Crippen LogP contribution >= 0.6 is 0 Å². The molecule has 11 heavy (non-hydrogen) atoms. The van der Waals surface area contributed by atoms with Crippen molar-refractivity contribution in [1.29, 1.82) is 0 Å². The zero-order valence-corrected chi connectivity index (χ0v) is 7.46. The van der Waals surface area contributed by atoms with Crippen LogP contribution in [-0.2, 0) is 9.47 Å². The highest BCUT2D eigenvalue weighted by molar-refractivity contribution is 4.96. The third-order valence-electron chi connectivity index (χ3n) is 2.27. The summed E-state index contributed by atoms with van der Waals surface area (Å²) in [6.45, 7) is 2.79. The Morgan fingerprint density at radius 1 is 1.55 bits per heavy atom. The van der Waals surface area contributed by atoms with E-state index in [2.05, 4.69) is 5.32 Å². The van der Waals surface area contributed by atoms with Gasteiger partial charge in [0.05, 0.1) is 12.2 Å². The predicted molar refractivity (Wildman–Crippen MR) is 43.7 cm³/mol. The van der Waals surface area contributed by atoms with Crippen LogP contribution in [0, 0.1) is 0 Å². The Hall–Kier alpha value is -0.120. The van der Waals surface area contributed by atoms with Crippen LogP contribution in [0.1, 0.15) is 13.3 Å². The van der Waals surface area contributed by atoms with Crippen molar-refractivity contribution in [1.82, 2.24) is 5.32 Å². The molecular weight excluding hydrogens is 142 g/mol. The van der Waals surface area contributed by atoms with Gasteiger partial charge in [-0.25, -0.2) is 0 Å². The summed E-state index contributed by atoms with van der Waals surface area (Å²) in [7, 11) is 3.69. The molecule has 1 fully saturated rings. The van der Waals surface area contributed by atoms with E-state index in [1.54, 1.807) is 7.11 Å². The first-order chi connectivity index (χ1) is 5.33. The van der Waals surface area contributed by atoms with Crippen LogP contribution in [0.2, 0.25) is 0 Å². The van der Waals surface area contributed by atoms with Gasteiger partial charge in [0.15, 0.2) is 0 Å². The van der Waals surface area contributed by atoms with E-state index >= 15 is 0 Å². The van der Waals surface area contributed by atoms with E-state index in [0.717, 1.165) is 13.0 Å². The maximum atomic E-state index is 5.45. The summed E-state index contributed by atoms with van der Waals surface area (Å²) in [5.74, 6) is 0. The van der Waals surface area contributed by atoms with Crippen LogP contribution in [0.3, 0.4) is 0 Å². The highest BCUT2D eigenvalue weighted by Crippen LogP contribution is 2.26. The zero-order chi connectivity index (χ0) is 8.27. The molecule has 1 aliphatic carbocycles. The summed E-state index contributed by atoms with van der Waals surface area (Å²) in [5.41, 5.74) is 0. The van der Waals surface area contributed by atoms with Crippen molar-refractivity contribution >= 4 is 0 Å². The molecule has 0 heterocycles. The molecule has 0 bridgehead atoms. The Labute approximate surface area is 68.1 Å². The van der Waals surface area contributed by atoms with Crippen LogP contribution < -0.4 is 5.32 Å². The molecule has 0 radical (unpaired) electrons. The fourth-order valence-corrected chi connectivity index (χ4v) is 1.56. The molecular formula is C8H17NO2. The molecule has 0 spiro atoms. The third kappa shape index (κ3) is 1.72. The summed E-state index contributed by atoms with van der Waals surface area (Å²) >= 11 is 0. The average molecular weight is 159 g/mol. The standard InChI is InChI=1S/C8H17NO2/c1-4-11-7-5-6(9-2)8(7)10-3/h6-9H,4-5H2,1-3H3. The van der Waals surface area contributed by atoms with Crippen molar-refractivity contribution in [3.8, 4) is 0 Å². The number of hydrogen-bond donors (Lipinski definition) is 1. The second kappa shape index (κ2) is 4.04. The number of rotatable bonds is 4. The van der Waals surface area contributed by atoms with Gasteiger partial charge in [-0.05, 0) is 20.4 Å². The minimum absolute atomic E-state index is 0.250. The molecule has 0 aromatic heterocycles. The molecule has 0 saturated heterocycles. The number of nitrogens with one attached hydrogen (secondary N) is 1. The minimum atomic E-state index is 0.250. The topological polar surface area (TPSA) is 30.5 Å². The van der Waals surface area contributed by atoms with Gasteiger partial charge >= 0.3 is 0 Å². The molecule has 1 aliphatic rings. The van der Waals surface area contributed by atoms with Gasteiger partial charge in [0, 0.05) is 19.8 Å². The third-order valence-corrected chi connectivity index (χ3v) is 2.27. The molecule has 66 valence electrons. The second-order valence-corrected chi connectivity index (χ2v) is 2.82. The van der Waals surface area contributed by atoms with Gasteiger partial charge in [-0.1, -0.05) is 0 Å². The van der Waals surface area contributed by atoms with E-state index in [1.807, 2.05) is 14.0 Å². The van der Waals surface area contributed by atoms with Gasteiger partial charge < -0.3 is 14.8 Å². The lowest BCUT2D eigenvalue weighted by atomic mass is 9.85. The molecule has 1 N–H and O–H groups in total. The lowest BCUT2D eigenvalue weighted by Gasteiger charge is -2.42. The monoisotopic (exact) mass is 159 g/mol.